The molecular weight excluding hydrogens is 170 g/mol. The predicted octanol–water partition coefficient (Wildman–Crippen LogP) is -0.845. The van der Waals surface area contributed by atoms with Gasteiger partial charge in [0.1, 0.15) is 0 Å². The van der Waals surface area contributed by atoms with E-state index in [-0.39, 0.29) is 12.0 Å². The van der Waals surface area contributed by atoms with E-state index in [0.717, 1.165) is 5.69 Å². The molecule has 2 N–H and O–H groups in total. The monoisotopic (exact) mass is 181 g/mol. The molecular formula is C8H11N3O2. The smallest absolute Gasteiger partial charge is 0.228 e. The van der Waals surface area contributed by atoms with Crippen LogP contribution in [0.4, 0.5) is 0 Å². The second-order valence-corrected chi connectivity index (χ2v) is 3.21. The van der Waals surface area contributed by atoms with Crippen molar-refractivity contribution >= 4 is 5.91 Å². The summed E-state index contributed by atoms with van der Waals surface area (Å²) in [6.07, 6.45) is 1.63. The van der Waals surface area contributed by atoms with Gasteiger partial charge in [-0.3, -0.25) is 9.89 Å². The van der Waals surface area contributed by atoms with Gasteiger partial charge in [-0.25, -0.2) is 0 Å². The van der Waals surface area contributed by atoms with E-state index < -0.39 is 0 Å². The number of aliphatic hydroxyl groups excluding tert-OH is 1. The number of hydrogen-bond donors (Lipinski definition) is 2. The molecule has 0 aromatic carbocycles. The third-order valence-corrected chi connectivity index (χ3v) is 2.12. The van der Waals surface area contributed by atoms with Gasteiger partial charge in [-0.05, 0) is 6.07 Å². The molecule has 13 heavy (non-hydrogen) atoms. The number of nitrogens with zero attached hydrogens (tertiary/aromatic N) is 2. The third-order valence-electron chi connectivity index (χ3n) is 2.12. The number of aromatic nitrogens is 2. The highest BCUT2D eigenvalue weighted by Gasteiger charge is 2.28. The van der Waals surface area contributed by atoms with Crippen molar-refractivity contribution in [2.45, 2.75) is 12.5 Å². The minimum Gasteiger partial charge on any atom is -0.389 e. The zero-order chi connectivity index (χ0) is 9.26. The van der Waals surface area contributed by atoms with Gasteiger partial charge >= 0.3 is 0 Å². The van der Waals surface area contributed by atoms with Gasteiger partial charge in [0, 0.05) is 25.0 Å². The van der Waals surface area contributed by atoms with Crippen LogP contribution >= 0.6 is 0 Å². The van der Waals surface area contributed by atoms with Crippen LogP contribution in [-0.2, 0) is 11.2 Å². The van der Waals surface area contributed by atoms with Gasteiger partial charge in [-0.15, -0.1) is 0 Å². The zero-order valence-electron chi connectivity index (χ0n) is 7.10. The van der Waals surface area contributed by atoms with Crippen molar-refractivity contribution in [1.82, 2.24) is 15.1 Å². The van der Waals surface area contributed by atoms with E-state index in [1.807, 2.05) is 0 Å². The number of aromatic amines is 1. The molecule has 2 rings (SSSR count). The van der Waals surface area contributed by atoms with Gasteiger partial charge in [0.05, 0.1) is 12.5 Å². The van der Waals surface area contributed by atoms with Crippen molar-refractivity contribution < 1.29 is 9.90 Å². The van der Waals surface area contributed by atoms with Crippen molar-refractivity contribution in [2.75, 3.05) is 13.1 Å². The maximum Gasteiger partial charge on any atom is 0.228 e. The molecule has 0 unspecified atom stereocenters. The number of likely N-dealkylation sites (tertiary alicyclic amines) is 1. The third kappa shape index (κ3) is 1.70. The van der Waals surface area contributed by atoms with Gasteiger partial charge < -0.3 is 10.0 Å². The number of H-pyrrole nitrogens is 1. The van der Waals surface area contributed by atoms with E-state index in [2.05, 4.69) is 10.2 Å². The number of nitrogens with one attached hydrogen (secondary N) is 1. The lowest BCUT2D eigenvalue weighted by molar-refractivity contribution is -0.140. The summed E-state index contributed by atoms with van der Waals surface area (Å²) in [5, 5.41) is 15.4. The maximum absolute atomic E-state index is 11.4. The lowest BCUT2D eigenvalue weighted by atomic mass is 10.1. The standard InChI is InChI=1S/C8H11N3O2/c12-7-4-11(5-7)8(13)3-6-1-2-9-10-6/h1-2,7,12H,3-5H2,(H,9,10). The number of carbonyl (C=O) groups is 1. The van der Waals surface area contributed by atoms with Crippen molar-refractivity contribution in [3.63, 3.8) is 0 Å². The van der Waals surface area contributed by atoms with E-state index in [4.69, 9.17) is 5.11 Å². The number of rotatable bonds is 2. The van der Waals surface area contributed by atoms with Crippen LogP contribution in [0.3, 0.4) is 0 Å². The molecule has 0 bridgehead atoms. The van der Waals surface area contributed by atoms with Gasteiger partial charge in [-0.1, -0.05) is 0 Å². The molecule has 1 amide bonds. The number of β-amino-alcohol motifs (C(OH)–C–C–N with tert-alkyl or cyclic N) is 1. The Bertz CT molecular complexity index is 290. The van der Waals surface area contributed by atoms with E-state index in [0.29, 0.717) is 19.5 Å². The first-order chi connectivity index (χ1) is 6.25. The molecule has 1 aromatic heterocycles. The number of amides is 1. The molecule has 5 nitrogen and oxygen atoms in total. The van der Waals surface area contributed by atoms with Gasteiger partial charge in [-0.2, -0.15) is 5.10 Å². The summed E-state index contributed by atoms with van der Waals surface area (Å²) in [6.45, 7) is 0.930. The Morgan fingerprint density at radius 1 is 1.77 bits per heavy atom. The lowest BCUT2D eigenvalue weighted by Gasteiger charge is -2.35. The van der Waals surface area contributed by atoms with Crippen molar-refractivity contribution in [2.24, 2.45) is 0 Å². The summed E-state index contributed by atoms with van der Waals surface area (Å²) >= 11 is 0. The molecule has 2 heterocycles. The number of aliphatic hydroxyl groups is 1. The van der Waals surface area contributed by atoms with E-state index in [9.17, 15) is 4.79 Å². The Labute approximate surface area is 75.4 Å². The maximum atomic E-state index is 11.4. The largest absolute Gasteiger partial charge is 0.389 e. The Morgan fingerprint density at radius 2 is 2.54 bits per heavy atom. The molecule has 1 aliphatic rings. The summed E-state index contributed by atoms with van der Waals surface area (Å²) in [5.74, 6) is 0.0366. The minimum absolute atomic E-state index is 0.0366. The van der Waals surface area contributed by atoms with Crippen molar-refractivity contribution in [3.05, 3.63) is 18.0 Å². The average molecular weight is 181 g/mol. The topological polar surface area (TPSA) is 69.2 Å². The van der Waals surface area contributed by atoms with Crippen LogP contribution in [0.5, 0.6) is 0 Å². The van der Waals surface area contributed by atoms with Crippen molar-refractivity contribution in [3.8, 4) is 0 Å². The van der Waals surface area contributed by atoms with Crippen LogP contribution in [0.2, 0.25) is 0 Å². The SMILES string of the molecule is O=C(Cc1ccn[nH]1)N1CC(O)C1. The van der Waals surface area contributed by atoms with E-state index in [1.165, 1.54) is 0 Å². The summed E-state index contributed by atoms with van der Waals surface area (Å²) in [5.41, 5.74) is 0.811. The molecule has 0 atom stereocenters. The summed E-state index contributed by atoms with van der Waals surface area (Å²) < 4.78 is 0. The highest BCUT2D eigenvalue weighted by molar-refractivity contribution is 5.79. The fourth-order valence-corrected chi connectivity index (χ4v) is 1.32. The molecule has 1 aliphatic heterocycles. The zero-order valence-corrected chi connectivity index (χ0v) is 7.10. The molecule has 70 valence electrons. The molecule has 5 heteroatoms. The Morgan fingerprint density at radius 3 is 3.08 bits per heavy atom. The number of carbonyl (C=O) groups excluding carboxylic acids is 1. The van der Waals surface area contributed by atoms with Crippen LogP contribution in [-0.4, -0.2) is 45.3 Å². The number of hydrogen-bond acceptors (Lipinski definition) is 3. The van der Waals surface area contributed by atoms with Crippen LogP contribution < -0.4 is 0 Å². The minimum atomic E-state index is -0.328. The summed E-state index contributed by atoms with van der Waals surface area (Å²) in [4.78, 5) is 13.0. The lowest BCUT2D eigenvalue weighted by Crippen LogP contribution is -2.53. The molecule has 0 spiro atoms. The Hall–Kier alpha value is -1.36. The molecule has 1 saturated heterocycles. The highest BCUT2D eigenvalue weighted by Crippen LogP contribution is 2.09. The second-order valence-electron chi connectivity index (χ2n) is 3.21. The molecule has 0 radical (unpaired) electrons. The van der Waals surface area contributed by atoms with Crippen LogP contribution in [0.15, 0.2) is 12.3 Å². The highest BCUT2D eigenvalue weighted by atomic mass is 16.3. The predicted molar refractivity (Wildman–Crippen MR) is 44.9 cm³/mol. The molecule has 1 fully saturated rings. The van der Waals surface area contributed by atoms with E-state index >= 15 is 0 Å². The molecule has 0 aliphatic carbocycles. The Kier molecular flexibility index (Phi) is 2.02. The van der Waals surface area contributed by atoms with Crippen molar-refractivity contribution in [1.29, 1.82) is 0 Å². The summed E-state index contributed by atoms with van der Waals surface area (Å²) in [6, 6.07) is 1.77. The first-order valence-corrected chi connectivity index (χ1v) is 4.20. The van der Waals surface area contributed by atoms with E-state index in [1.54, 1.807) is 17.2 Å². The van der Waals surface area contributed by atoms with Gasteiger partial charge in [0.25, 0.3) is 0 Å². The first kappa shape index (κ1) is 8.25. The quantitative estimate of drug-likeness (QED) is 0.624. The second kappa shape index (κ2) is 3.18. The van der Waals surface area contributed by atoms with Gasteiger partial charge in [0.15, 0.2) is 0 Å². The molecule has 0 saturated carbocycles. The first-order valence-electron chi connectivity index (χ1n) is 4.20. The fraction of sp³-hybridized carbons (Fsp3) is 0.500. The van der Waals surface area contributed by atoms with Gasteiger partial charge in [0.2, 0.25) is 5.91 Å². The normalized spacial score (nSPS) is 17.2. The van der Waals surface area contributed by atoms with Crippen LogP contribution in [0, 0.1) is 0 Å². The van der Waals surface area contributed by atoms with Crippen LogP contribution in [0.25, 0.3) is 0 Å². The Balaban J connectivity index is 1.86. The average Bonchev–Trinajstić information content (AvgIpc) is 2.51. The summed E-state index contributed by atoms with van der Waals surface area (Å²) in [7, 11) is 0. The van der Waals surface area contributed by atoms with Crippen LogP contribution in [0.1, 0.15) is 5.69 Å². The molecule has 1 aromatic rings. The fourth-order valence-electron chi connectivity index (χ4n) is 1.32.